The Hall–Kier alpha value is -1.02. The van der Waals surface area contributed by atoms with E-state index in [-0.39, 0.29) is 12.1 Å². The number of anilines is 1. The molecule has 2 rings (SSSR count). The average molecular weight is 233 g/mol. The van der Waals surface area contributed by atoms with Gasteiger partial charge in [0.05, 0.1) is 12.1 Å². The normalized spacial score (nSPS) is 29.0. The Morgan fingerprint density at radius 3 is 2.94 bits per heavy atom. The maximum Gasteiger partial charge on any atom is 0.0661 e. The van der Waals surface area contributed by atoms with E-state index in [1.807, 2.05) is 0 Å². The van der Waals surface area contributed by atoms with Gasteiger partial charge in [-0.15, -0.1) is 0 Å². The molecule has 0 bridgehead atoms. The molecule has 1 aliphatic carbocycles. The molecule has 0 aliphatic heterocycles. The second-order valence-electron chi connectivity index (χ2n) is 5.63. The molecular formula is C15H23NO. The molecule has 1 fully saturated rings. The predicted molar refractivity (Wildman–Crippen MR) is 72.3 cm³/mol. The van der Waals surface area contributed by atoms with Gasteiger partial charge in [0.25, 0.3) is 0 Å². The summed E-state index contributed by atoms with van der Waals surface area (Å²) in [5.41, 5.74) is 2.28. The van der Waals surface area contributed by atoms with Crippen molar-refractivity contribution in [2.75, 3.05) is 11.9 Å². The zero-order valence-corrected chi connectivity index (χ0v) is 10.9. The van der Waals surface area contributed by atoms with Crippen LogP contribution >= 0.6 is 0 Å². The van der Waals surface area contributed by atoms with Gasteiger partial charge in [0, 0.05) is 5.69 Å². The van der Waals surface area contributed by atoms with E-state index in [0.29, 0.717) is 5.92 Å². The summed E-state index contributed by atoms with van der Waals surface area (Å²) >= 11 is 0. The Labute approximate surface area is 104 Å². The van der Waals surface area contributed by atoms with E-state index < -0.39 is 0 Å². The van der Waals surface area contributed by atoms with Gasteiger partial charge in [-0.1, -0.05) is 31.9 Å². The maximum atomic E-state index is 9.73. The Morgan fingerprint density at radius 1 is 1.47 bits per heavy atom. The van der Waals surface area contributed by atoms with Crippen molar-refractivity contribution in [2.24, 2.45) is 5.92 Å². The van der Waals surface area contributed by atoms with Crippen LogP contribution in [0.2, 0.25) is 0 Å². The fraction of sp³-hybridized carbons (Fsp3) is 0.600. The van der Waals surface area contributed by atoms with Crippen LogP contribution in [0.15, 0.2) is 24.3 Å². The molecule has 0 radical (unpaired) electrons. The van der Waals surface area contributed by atoms with Crippen molar-refractivity contribution < 1.29 is 5.11 Å². The maximum absolute atomic E-state index is 9.73. The first-order chi connectivity index (χ1) is 8.13. The lowest BCUT2D eigenvalue weighted by atomic mass is 9.76. The lowest BCUT2D eigenvalue weighted by Gasteiger charge is -2.40. The SMILES string of the molecule is Cc1cccc(NC2(CO)CCCC(C)C2)c1. The van der Waals surface area contributed by atoms with Gasteiger partial charge in [-0.3, -0.25) is 0 Å². The largest absolute Gasteiger partial charge is 0.394 e. The van der Waals surface area contributed by atoms with Crippen molar-refractivity contribution >= 4 is 5.69 Å². The van der Waals surface area contributed by atoms with Crippen molar-refractivity contribution in [3.8, 4) is 0 Å². The third-order valence-corrected chi connectivity index (χ3v) is 3.82. The summed E-state index contributed by atoms with van der Waals surface area (Å²) in [6.45, 7) is 4.60. The highest BCUT2D eigenvalue weighted by Gasteiger charge is 2.34. The van der Waals surface area contributed by atoms with Crippen LogP contribution in [0.3, 0.4) is 0 Å². The van der Waals surface area contributed by atoms with Crippen molar-refractivity contribution in [1.82, 2.24) is 0 Å². The molecule has 0 aromatic heterocycles. The molecular weight excluding hydrogens is 210 g/mol. The average Bonchev–Trinajstić information content (AvgIpc) is 2.29. The number of hydrogen-bond donors (Lipinski definition) is 2. The molecule has 0 saturated heterocycles. The van der Waals surface area contributed by atoms with Crippen LogP contribution in [0, 0.1) is 12.8 Å². The lowest BCUT2D eigenvalue weighted by molar-refractivity contribution is 0.149. The molecule has 2 unspecified atom stereocenters. The first-order valence-corrected chi connectivity index (χ1v) is 6.59. The molecule has 94 valence electrons. The molecule has 0 heterocycles. The summed E-state index contributed by atoms with van der Waals surface area (Å²) in [5, 5.41) is 13.3. The van der Waals surface area contributed by atoms with Crippen molar-refractivity contribution in [2.45, 2.75) is 45.1 Å². The number of aliphatic hydroxyl groups is 1. The minimum atomic E-state index is -0.106. The molecule has 2 nitrogen and oxygen atoms in total. The minimum Gasteiger partial charge on any atom is -0.394 e. The quantitative estimate of drug-likeness (QED) is 0.839. The van der Waals surface area contributed by atoms with Crippen molar-refractivity contribution in [3.05, 3.63) is 29.8 Å². The van der Waals surface area contributed by atoms with Crippen molar-refractivity contribution in [3.63, 3.8) is 0 Å². The van der Waals surface area contributed by atoms with Crippen LogP contribution in [0.1, 0.15) is 38.2 Å². The van der Waals surface area contributed by atoms with Gasteiger partial charge >= 0.3 is 0 Å². The molecule has 2 N–H and O–H groups in total. The molecule has 2 heteroatoms. The summed E-state index contributed by atoms with van der Waals surface area (Å²) in [6, 6.07) is 8.40. The zero-order chi connectivity index (χ0) is 12.3. The summed E-state index contributed by atoms with van der Waals surface area (Å²) < 4.78 is 0. The first-order valence-electron chi connectivity index (χ1n) is 6.59. The Morgan fingerprint density at radius 2 is 2.29 bits per heavy atom. The lowest BCUT2D eigenvalue weighted by Crippen LogP contribution is -2.45. The highest BCUT2D eigenvalue weighted by Crippen LogP contribution is 2.34. The molecule has 0 amide bonds. The number of aryl methyl sites for hydroxylation is 1. The predicted octanol–water partition coefficient (Wildman–Crippen LogP) is 3.35. The standard InChI is InChI=1S/C15H23NO/c1-12-5-3-7-14(9-12)16-15(11-17)8-4-6-13(2)10-15/h3,5,7,9,13,16-17H,4,6,8,10-11H2,1-2H3. The van der Waals surface area contributed by atoms with E-state index in [4.69, 9.17) is 0 Å². The highest BCUT2D eigenvalue weighted by atomic mass is 16.3. The van der Waals surface area contributed by atoms with Crippen LogP contribution in [-0.4, -0.2) is 17.3 Å². The number of nitrogens with one attached hydrogen (secondary N) is 1. The fourth-order valence-corrected chi connectivity index (χ4v) is 2.99. The first kappa shape index (κ1) is 12.4. The number of hydrogen-bond acceptors (Lipinski definition) is 2. The second kappa shape index (κ2) is 5.09. The highest BCUT2D eigenvalue weighted by molar-refractivity contribution is 5.47. The van der Waals surface area contributed by atoms with E-state index >= 15 is 0 Å². The Kier molecular flexibility index (Phi) is 3.72. The second-order valence-corrected chi connectivity index (χ2v) is 5.63. The van der Waals surface area contributed by atoms with Crippen LogP contribution in [0.25, 0.3) is 0 Å². The summed E-state index contributed by atoms with van der Waals surface area (Å²) in [6.07, 6.45) is 4.64. The molecule has 0 spiro atoms. The molecule has 1 saturated carbocycles. The molecule has 1 aliphatic rings. The van der Waals surface area contributed by atoms with Gasteiger partial charge in [-0.25, -0.2) is 0 Å². The van der Waals surface area contributed by atoms with Crippen molar-refractivity contribution in [1.29, 1.82) is 0 Å². The number of rotatable bonds is 3. The van der Waals surface area contributed by atoms with E-state index in [9.17, 15) is 5.11 Å². The van der Waals surface area contributed by atoms with Crippen LogP contribution < -0.4 is 5.32 Å². The van der Waals surface area contributed by atoms with E-state index in [1.165, 1.54) is 18.4 Å². The molecule has 1 aromatic rings. The number of aliphatic hydroxyl groups excluding tert-OH is 1. The minimum absolute atomic E-state index is 0.106. The molecule has 1 aromatic carbocycles. The fourth-order valence-electron chi connectivity index (χ4n) is 2.99. The van der Waals surface area contributed by atoms with E-state index in [1.54, 1.807) is 0 Å². The van der Waals surface area contributed by atoms with Gasteiger partial charge in [0.1, 0.15) is 0 Å². The Balaban J connectivity index is 2.13. The summed E-state index contributed by atoms with van der Waals surface area (Å²) in [7, 11) is 0. The third kappa shape index (κ3) is 3.01. The van der Waals surface area contributed by atoms with Gasteiger partial charge in [0.15, 0.2) is 0 Å². The van der Waals surface area contributed by atoms with Crippen LogP contribution in [0.4, 0.5) is 5.69 Å². The molecule has 2 atom stereocenters. The van der Waals surface area contributed by atoms with E-state index in [2.05, 4.69) is 43.4 Å². The smallest absolute Gasteiger partial charge is 0.0661 e. The van der Waals surface area contributed by atoms with Gasteiger partial charge in [-0.2, -0.15) is 0 Å². The molecule has 17 heavy (non-hydrogen) atoms. The third-order valence-electron chi connectivity index (χ3n) is 3.82. The van der Waals surface area contributed by atoms with E-state index in [0.717, 1.165) is 18.5 Å². The topological polar surface area (TPSA) is 32.3 Å². The van der Waals surface area contributed by atoms with Gasteiger partial charge in [0.2, 0.25) is 0 Å². The summed E-state index contributed by atoms with van der Waals surface area (Å²) in [4.78, 5) is 0. The zero-order valence-electron chi connectivity index (χ0n) is 10.9. The Bertz CT molecular complexity index is 377. The number of benzene rings is 1. The van der Waals surface area contributed by atoms with Gasteiger partial charge in [-0.05, 0) is 43.4 Å². The van der Waals surface area contributed by atoms with Crippen LogP contribution in [0.5, 0.6) is 0 Å². The van der Waals surface area contributed by atoms with Crippen LogP contribution in [-0.2, 0) is 0 Å². The summed E-state index contributed by atoms with van der Waals surface area (Å²) in [5.74, 6) is 0.702. The monoisotopic (exact) mass is 233 g/mol. The van der Waals surface area contributed by atoms with Gasteiger partial charge < -0.3 is 10.4 Å².